The molecule has 0 unspecified atom stereocenters. The van der Waals surface area contributed by atoms with Crippen LogP contribution in [0, 0.1) is 0 Å². The zero-order valence-corrected chi connectivity index (χ0v) is 16.3. The van der Waals surface area contributed by atoms with Crippen LogP contribution in [-0.2, 0) is 14.1 Å². The van der Waals surface area contributed by atoms with Crippen LogP contribution >= 0.6 is 0 Å². The number of rotatable bonds is 3. The summed E-state index contributed by atoms with van der Waals surface area (Å²) in [6, 6.07) is 8.83. The average molecular weight is 396 g/mol. The molecule has 3 aromatic rings. The number of benzene rings is 1. The van der Waals surface area contributed by atoms with Crippen molar-refractivity contribution >= 4 is 16.9 Å². The number of aryl methyl sites for hydroxylation is 1. The molecule has 0 aliphatic carbocycles. The number of nitrogens with zero attached hydrogens (tertiary/aromatic N) is 4. The number of carbonyl (C=O) groups is 1. The van der Waals surface area contributed by atoms with E-state index in [4.69, 9.17) is 9.47 Å². The molecule has 3 heterocycles. The highest BCUT2D eigenvalue weighted by Gasteiger charge is 2.24. The van der Waals surface area contributed by atoms with Crippen molar-refractivity contribution in [1.29, 1.82) is 0 Å². The summed E-state index contributed by atoms with van der Waals surface area (Å²) in [5.41, 5.74) is -0.472. The van der Waals surface area contributed by atoms with Crippen LogP contribution in [0.3, 0.4) is 0 Å². The first-order chi connectivity index (χ1) is 13.9. The Morgan fingerprint density at radius 2 is 1.93 bits per heavy atom. The second kappa shape index (κ2) is 7.08. The molecule has 29 heavy (non-hydrogen) atoms. The summed E-state index contributed by atoms with van der Waals surface area (Å²) in [6.45, 7) is 0.629. The molecule has 0 fully saturated rings. The Kier molecular flexibility index (Phi) is 4.57. The Morgan fingerprint density at radius 1 is 1.21 bits per heavy atom. The van der Waals surface area contributed by atoms with Crippen LogP contribution in [0.25, 0.3) is 11.0 Å². The van der Waals surface area contributed by atoms with Gasteiger partial charge < -0.3 is 14.4 Å². The van der Waals surface area contributed by atoms with Crippen LogP contribution in [0.2, 0.25) is 0 Å². The number of ether oxygens (including phenoxy) is 2. The quantitative estimate of drug-likeness (QED) is 0.641. The largest absolute Gasteiger partial charge is 0.486 e. The van der Waals surface area contributed by atoms with Crippen LogP contribution < -0.4 is 20.7 Å². The third-order valence-corrected chi connectivity index (χ3v) is 4.93. The second-order valence-corrected chi connectivity index (χ2v) is 6.98. The number of amides is 1. The number of carbonyl (C=O) groups excluding carboxylic acids is 1. The molecule has 0 spiro atoms. The van der Waals surface area contributed by atoms with E-state index in [0.29, 0.717) is 24.7 Å². The van der Waals surface area contributed by atoms with Crippen molar-refractivity contribution in [2.45, 2.75) is 6.10 Å². The summed E-state index contributed by atoms with van der Waals surface area (Å²) in [7, 11) is 4.57. The SMILES string of the molecule is CN(C[C@@H]1COc2ccccc2O1)C(=O)c1cnc2c(c1)c(=O)n(C)c(=O)n2C. The number of hydrogen-bond donors (Lipinski definition) is 0. The van der Waals surface area contributed by atoms with Gasteiger partial charge in [0.15, 0.2) is 17.6 Å². The van der Waals surface area contributed by atoms with Gasteiger partial charge in [0.1, 0.15) is 12.3 Å². The lowest BCUT2D eigenvalue weighted by molar-refractivity contribution is 0.0521. The molecule has 150 valence electrons. The van der Waals surface area contributed by atoms with Crippen LogP contribution in [0.4, 0.5) is 0 Å². The minimum Gasteiger partial charge on any atom is -0.486 e. The molecule has 0 saturated heterocycles. The molecule has 4 rings (SSSR count). The fourth-order valence-electron chi connectivity index (χ4n) is 3.34. The van der Waals surface area contributed by atoms with Crippen molar-refractivity contribution in [3.8, 4) is 11.5 Å². The number of pyridine rings is 1. The maximum absolute atomic E-state index is 12.9. The molecule has 9 heteroatoms. The van der Waals surface area contributed by atoms with Crippen molar-refractivity contribution in [3.05, 3.63) is 62.9 Å². The zero-order chi connectivity index (χ0) is 20.7. The van der Waals surface area contributed by atoms with E-state index in [9.17, 15) is 14.4 Å². The predicted molar refractivity (Wildman–Crippen MR) is 106 cm³/mol. The number of para-hydroxylation sites is 2. The van der Waals surface area contributed by atoms with Gasteiger partial charge in [-0.3, -0.25) is 18.7 Å². The van der Waals surface area contributed by atoms with Gasteiger partial charge in [-0.05, 0) is 18.2 Å². The summed E-state index contributed by atoms with van der Waals surface area (Å²) >= 11 is 0. The summed E-state index contributed by atoms with van der Waals surface area (Å²) in [4.78, 5) is 43.0. The number of fused-ring (bicyclic) bond motifs is 2. The second-order valence-electron chi connectivity index (χ2n) is 6.98. The first-order valence-corrected chi connectivity index (χ1v) is 9.06. The van der Waals surface area contributed by atoms with Crippen molar-refractivity contribution < 1.29 is 14.3 Å². The lowest BCUT2D eigenvalue weighted by Gasteiger charge is -2.29. The lowest BCUT2D eigenvalue weighted by Crippen LogP contribution is -2.42. The molecule has 0 radical (unpaired) electrons. The van der Waals surface area contributed by atoms with E-state index in [1.54, 1.807) is 7.05 Å². The summed E-state index contributed by atoms with van der Waals surface area (Å²) in [5.74, 6) is 1.01. The Bertz CT molecular complexity index is 1230. The standard InChI is InChI=1S/C20H20N4O5/c1-22(10-13-11-28-15-6-4-5-7-16(15)29-13)18(25)12-8-14-17(21-9-12)23(2)20(27)24(3)19(14)26/h4-9,13H,10-11H2,1-3H3/t13-/m1/s1. The lowest BCUT2D eigenvalue weighted by atomic mass is 10.2. The van der Waals surface area contributed by atoms with E-state index in [1.807, 2.05) is 24.3 Å². The summed E-state index contributed by atoms with van der Waals surface area (Å²) < 4.78 is 13.8. The highest BCUT2D eigenvalue weighted by Crippen LogP contribution is 2.31. The Balaban J connectivity index is 1.57. The Hall–Kier alpha value is -3.62. The fourth-order valence-corrected chi connectivity index (χ4v) is 3.34. The first kappa shape index (κ1) is 18.7. The molecule has 2 aromatic heterocycles. The molecule has 9 nitrogen and oxygen atoms in total. The van der Waals surface area contributed by atoms with Gasteiger partial charge in [0.05, 0.1) is 17.5 Å². The Labute approximate surface area is 165 Å². The maximum atomic E-state index is 12.9. The van der Waals surface area contributed by atoms with E-state index in [1.165, 1.54) is 35.8 Å². The monoisotopic (exact) mass is 396 g/mol. The van der Waals surface area contributed by atoms with Crippen molar-refractivity contribution in [3.63, 3.8) is 0 Å². The summed E-state index contributed by atoms with van der Waals surface area (Å²) in [5, 5.41) is 0.208. The topological polar surface area (TPSA) is 95.7 Å². The van der Waals surface area contributed by atoms with Gasteiger partial charge in [-0.15, -0.1) is 0 Å². The smallest absolute Gasteiger partial charge is 0.332 e. The van der Waals surface area contributed by atoms with Gasteiger partial charge in [0.25, 0.3) is 11.5 Å². The van der Waals surface area contributed by atoms with E-state index < -0.39 is 11.2 Å². The average Bonchev–Trinajstić information content (AvgIpc) is 2.75. The minimum atomic E-state index is -0.492. The molecular weight excluding hydrogens is 376 g/mol. The highest BCUT2D eigenvalue weighted by molar-refractivity contribution is 5.96. The van der Waals surface area contributed by atoms with Gasteiger partial charge in [0, 0.05) is 27.3 Å². The molecule has 1 amide bonds. The van der Waals surface area contributed by atoms with Crippen molar-refractivity contribution in [1.82, 2.24) is 19.0 Å². The third-order valence-electron chi connectivity index (χ3n) is 4.93. The van der Waals surface area contributed by atoms with E-state index in [0.717, 1.165) is 4.57 Å². The number of aromatic nitrogens is 3. The maximum Gasteiger partial charge on any atom is 0.332 e. The van der Waals surface area contributed by atoms with Gasteiger partial charge in [-0.25, -0.2) is 9.78 Å². The number of hydrogen-bond acceptors (Lipinski definition) is 6. The molecular formula is C20H20N4O5. The highest BCUT2D eigenvalue weighted by atomic mass is 16.6. The van der Waals surface area contributed by atoms with Crippen molar-refractivity contribution in [2.24, 2.45) is 14.1 Å². The zero-order valence-electron chi connectivity index (χ0n) is 16.3. The first-order valence-electron chi connectivity index (χ1n) is 9.06. The molecule has 1 aliphatic heterocycles. The van der Waals surface area contributed by atoms with Crippen molar-refractivity contribution in [2.75, 3.05) is 20.2 Å². The van der Waals surface area contributed by atoms with Gasteiger partial charge in [-0.1, -0.05) is 12.1 Å². The Morgan fingerprint density at radius 3 is 2.69 bits per heavy atom. The fraction of sp³-hybridized carbons (Fsp3) is 0.300. The van der Waals surface area contributed by atoms with Crippen LogP contribution in [-0.4, -0.2) is 51.2 Å². The minimum absolute atomic E-state index is 0.208. The van der Waals surface area contributed by atoms with Gasteiger partial charge >= 0.3 is 5.69 Å². The van der Waals surface area contributed by atoms with E-state index in [-0.39, 0.29) is 28.6 Å². The van der Waals surface area contributed by atoms with Crippen LogP contribution in [0.15, 0.2) is 46.1 Å². The normalized spacial score (nSPS) is 15.3. The van der Waals surface area contributed by atoms with Gasteiger partial charge in [0.2, 0.25) is 0 Å². The molecule has 0 bridgehead atoms. The molecule has 1 aliphatic rings. The molecule has 0 saturated carbocycles. The van der Waals surface area contributed by atoms with E-state index >= 15 is 0 Å². The molecule has 1 atom stereocenters. The predicted octanol–water partition coefficient (Wildman–Crippen LogP) is 0.544. The van der Waals surface area contributed by atoms with Crippen LogP contribution in [0.1, 0.15) is 10.4 Å². The number of likely N-dealkylation sites (N-methyl/N-ethyl adjacent to an activating group) is 1. The molecule has 1 aromatic carbocycles. The van der Waals surface area contributed by atoms with E-state index in [2.05, 4.69) is 4.98 Å². The van der Waals surface area contributed by atoms with Crippen LogP contribution in [0.5, 0.6) is 11.5 Å². The van der Waals surface area contributed by atoms with Gasteiger partial charge in [-0.2, -0.15) is 0 Å². The molecule has 0 N–H and O–H groups in total. The summed E-state index contributed by atoms with van der Waals surface area (Å²) in [6.07, 6.45) is 1.05. The third kappa shape index (κ3) is 3.24.